The van der Waals surface area contributed by atoms with E-state index in [4.69, 9.17) is 4.74 Å². The summed E-state index contributed by atoms with van der Waals surface area (Å²) < 4.78 is 6.06. The Morgan fingerprint density at radius 3 is 1.24 bits per heavy atom. The first kappa shape index (κ1) is 34.0. The predicted molar refractivity (Wildman–Crippen MR) is 156 cm³/mol. The zero-order chi connectivity index (χ0) is 27.0. The molecule has 0 amide bonds. The standard InChI is InChI=1S/C33H62O4/c1-3-5-7-9-11-13-14-16-18-20-22-24-31(23-21-19-17-15-12-10-8-6-4-2)37-33(36)30-27-25-29(26-28-30)32(34)35/h29-31H,3-28H2,1-2H3,(H,34,35). The van der Waals surface area contributed by atoms with Gasteiger partial charge in [-0.25, -0.2) is 0 Å². The highest BCUT2D eigenvalue weighted by atomic mass is 16.5. The molecule has 1 atom stereocenters. The van der Waals surface area contributed by atoms with E-state index in [-0.39, 0.29) is 23.9 Å². The largest absolute Gasteiger partial charge is 0.481 e. The highest BCUT2D eigenvalue weighted by Crippen LogP contribution is 2.30. The number of hydrogen-bond acceptors (Lipinski definition) is 3. The SMILES string of the molecule is CCCCCCCCCCCCCC(CCCCCCCCCCC)OC(=O)C1CCC(C(=O)O)CC1. The number of carboxylic acid groups (broad SMARTS) is 1. The van der Waals surface area contributed by atoms with Gasteiger partial charge in [0.15, 0.2) is 0 Å². The highest BCUT2D eigenvalue weighted by molar-refractivity contribution is 5.74. The summed E-state index contributed by atoms with van der Waals surface area (Å²) in [6.45, 7) is 4.54. The summed E-state index contributed by atoms with van der Waals surface area (Å²) in [6, 6.07) is 0. The van der Waals surface area contributed by atoms with Crippen molar-refractivity contribution in [2.75, 3.05) is 0 Å². The van der Waals surface area contributed by atoms with E-state index in [1.165, 1.54) is 116 Å². The normalized spacial score (nSPS) is 18.5. The van der Waals surface area contributed by atoms with E-state index >= 15 is 0 Å². The maximum Gasteiger partial charge on any atom is 0.309 e. The molecular weight excluding hydrogens is 460 g/mol. The Morgan fingerprint density at radius 2 is 0.892 bits per heavy atom. The smallest absolute Gasteiger partial charge is 0.309 e. The molecule has 0 spiro atoms. The molecule has 1 N–H and O–H groups in total. The van der Waals surface area contributed by atoms with Crippen molar-refractivity contribution in [2.45, 2.75) is 187 Å². The molecule has 37 heavy (non-hydrogen) atoms. The highest BCUT2D eigenvalue weighted by Gasteiger charge is 2.31. The fourth-order valence-corrected chi connectivity index (χ4v) is 5.82. The minimum absolute atomic E-state index is 0.0489. The molecule has 0 bridgehead atoms. The second-order valence-corrected chi connectivity index (χ2v) is 11.9. The fourth-order valence-electron chi connectivity index (χ4n) is 5.82. The number of ether oxygens (including phenoxy) is 1. The molecule has 1 unspecified atom stereocenters. The Hall–Kier alpha value is -1.06. The van der Waals surface area contributed by atoms with Gasteiger partial charge in [0.2, 0.25) is 0 Å². The summed E-state index contributed by atoms with van der Waals surface area (Å²) in [6.07, 6.45) is 31.0. The first-order valence-corrected chi connectivity index (χ1v) is 16.5. The summed E-state index contributed by atoms with van der Waals surface area (Å²) in [4.78, 5) is 24.1. The van der Waals surface area contributed by atoms with E-state index in [1.807, 2.05) is 0 Å². The molecule has 1 rings (SSSR count). The van der Waals surface area contributed by atoms with Crippen molar-refractivity contribution in [3.63, 3.8) is 0 Å². The zero-order valence-electron chi connectivity index (χ0n) is 24.8. The van der Waals surface area contributed by atoms with Crippen molar-refractivity contribution in [1.82, 2.24) is 0 Å². The quantitative estimate of drug-likeness (QED) is 0.0956. The van der Waals surface area contributed by atoms with Crippen LogP contribution in [-0.2, 0) is 14.3 Å². The maximum atomic E-state index is 12.9. The Labute approximate surface area is 230 Å². The van der Waals surface area contributed by atoms with Crippen LogP contribution in [0.15, 0.2) is 0 Å². The van der Waals surface area contributed by atoms with Crippen LogP contribution < -0.4 is 0 Å². The molecule has 0 aliphatic heterocycles. The lowest BCUT2D eigenvalue weighted by molar-refractivity contribution is -0.158. The molecule has 0 aromatic heterocycles. The molecule has 1 saturated carbocycles. The topological polar surface area (TPSA) is 63.6 Å². The van der Waals surface area contributed by atoms with Gasteiger partial charge in [0.1, 0.15) is 6.10 Å². The number of carbonyl (C=O) groups excluding carboxylic acids is 1. The minimum atomic E-state index is -0.716. The summed E-state index contributed by atoms with van der Waals surface area (Å²) in [5.74, 6) is -1.16. The van der Waals surface area contributed by atoms with Crippen LogP contribution >= 0.6 is 0 Å². The number of aliphatic carboxylic acids is 1. The van der Waals surface area contributed by atoms with Crippen molar-refractivity contribution >= 4 is 11.9 Å². The molecule has 4 nitrogen and oxygen atoms in total. The van der Waals surface area contributed by atoms with Gasteiger partial charge in [0, 0.05) is 0 Å². The Morgan fingerprint density at radius 1 is 0.568 bits per heavy atom. The zero-order valence-corrected chi connectivity index (χ0v) is 24.8. The van der Waals surface area contributed by atoms with Gasteiger partial charge in [-0.15, -0.1) is 0 Å². The van der Waals surface area contributed by atoms with Crippen LogP contribution in [0.2, 0.25) is 0 Å². The van der Waals surface area contributed by atoms with Crippen LogP contribution in [-0.4, -0.2) is 23.1 Å². The summed E-state index contributed by atoms with van der Waals surface area (Å²) in [5.41, 5.74) is 0. The number of hydrogen-bond donors (Lipinski definition) is 1. The van der Waals surface area contributed by atoms with Gasteiger partial charge in [-0.05, 0) is 51.4 Å². The molecule has 0 saturated heterocycles. The van der Waals surface area contributed by atoms with Gasteiger partial charge >= 0.3 is 11.9 Å². The summed E-state index contributed by atoms with van der Waals surface area (Å²) >= 11 is 0. The van der Waals surface area contributed by atoms with Crippen LogP contribution in [0.1, 0.15) is 181 Å². The second kappa shape index (κ2) is 24.0. The lowest BCUT2D eigenvalue weighted by atomic mass is 9.82. The molecule has 0 heterocycles. The van der Waals surface area contributed by atoms with E-state index in [0.717, 1.165) is 25.7 Å². The van der Waals surface area contributed by atoms with Gasteiger partial charge in [-0.3, -0.25) is 9.59 Å². The minimum Gasteiger partial charge on any atom is -0.481 e. The van der Waals surface area contributed by atoms with Gasteiger partial charge in [0.05, 0.1) is 11.8 Å². The van der Waals surface area contributed by atoms with Crippen LogP contribution in [0.5, 0.6) is 0 Å². The predicted octanol–water partition coefficient (Wildman–Crippen LogP) is 10.4. The van der Waals surface area contributed by atoms with Gasteiger partial charge in [-0.1, -0.05) is 129 Å². The van der Waals surface area contributed by atoms with E-state index in [0.29, 0.717) is 25.7 Å². The maximum absolute atomic E-state index is 12.9. The van der Waals surface area contributed by atoms with Crippen molar-refractivity contribution in [3.05, 3.63) is 0 Å². The first-order chi connectivity index (χ1) is 18.1. The molecule has 1 fully saturated rings. The fraction of sp³-hybridized carbons (Fsp3) is 0.939. The summed E-state index contributed by atoms with van der Waals surface area (Å²) in [5, 5.41) is 9.24. The molecule has 1 aliphatic carbocycles. The number of carboxylic acids is 1. The van der Waals surface area contributed by atoms with Crippen LogP contribution in [0.3, 0.4) is 0 Å². The molecule has 0 radical (unpaired) electrons. The Balaban J connectivity index is 2.27. The van der Waals surface area contributed by atoms with Crippen molar-refractivity contribution in [3.8, 4) is 0 Å². The molecule has 218 valence electrons. The molecule has 1 aliphatic rings. The molecule has 4 heteroatoms. The van der Waals surface area contributed by atoms with Gasteiger partial charge in [-0.2, -0.15) is 0 Å². The van der Waals surface area contributed by atoms with E-state index in [2.05, 4.69) is 13.8 Å². The summed E-state index contributed by atoms with van der Waals surface area (Å²) in [7, 11) is 0. The third-order valence-electron chi connectivity index (χ3n) is 8.45. The Kier molecular flexibility index (Phi) is 22.0. The Bertz CT molecular complexity index is 538. The van der Waals surface area contributed by atoms with E-state index < -0.39 is 5.97 Å². The molecular formula is C33H62O4. The molecule has 0 aromatic carbocycles. The van der Waals surface area contributed by atoms with Crippen molar-refractivity contribution in [1.29, 1.82) is 0 Å². The lowest BCUT2D eigenvalue weighted by Gasteiger charge is -2.27. The van der Waals surface area contributed by atoms with Crippen LogP contribution in [0.4, 0.5) is 0 Å². The van der Waals surface area contributed by atoms with E-state index in [1.54, 1.807) is 0 Å². The van der Waals surface area contributed by atoms with E-state index in [9.17, 15) is 14.7 Å². The average Bonchev–Trinajstić information content (AvgIpc) is 2.90. The number of unbranched alkanes of at least 4 members (excludes halogenated alkanes) is 18. The average molecular weight is 523 g/mol. The molecule has 0 aromatic rings. The lowest BCUT2D eigenvalue weighted by Crippen LogP contribution is -2.29. The number of carbonyl (C=O) groups is 2. The number of esters is 1. The number of rotatable bonds is 25. The van der Waals surface area contributed by atoms with Crippen LogP contribution in [0.25, 0.3) is 0 Å². The van der Waals surface area contributed by atoms with Crippen molar-refractivity contribution < 1.29 is 19.4 Å². The monoisotopic (exact) mass is 522 g/mol. The second-order valence-electron chi connectivity index (χ2n) is 11.9. The van der Waals surface area contributed by atoms with Crippen molar-refractivity contribution in [2.24, 2.45) is 11.8 Å². The van der Waals surface area contributed by atoms with Gasteiger partial charge in [0.25, 0.3) is 0 Å². The third-order valence-corrected chi connectivity index (χ3v) is 8.45. The van der Waals surface area contributed by atoms with Gasteiger partial charge < -0.3 is 9.84 Å². The third kappa shape index (κ3) is 18.8. The first-order valence-electron chi connectivity index (χ1n) is 16.5. The van der Waals surface area contributed by atoms with Crippen LogP contribution in [0, 0.1) is 11.8 Å².